The molecule has 3 atom stereocenters. The fraction of sp³-hybridized carbons (Fsp3) is 1.00. The summed E-state index contributed by atoms with van der Waals surface area (Å²) in [4.78, 5) is 0. The first kappa shape index (κ1) is 12.0. The minimum atomic E-state index is 0.417. The molecule has 1 aliphatic rings. The van der Waals surface area contributed by atoms with E-state index in [9.17, 15) is 0 Å². The highest BCUT2D eigenvalue weighted by Gasteiger charge is 2.27. The summed E-state index contributed by atoms with van der Waals surface area (Å²) >= 11 is 0. The summed E-state index contributed by atoms with van der Waals surface area (Å²) in [5, 5.41) is 3.74. The molecule has 0 saturated heterocycles. The van der Waals surface area contributed by atoms with Gasteiger partial charge in [-0.1, -0.05) is 47.5 Å². The topological polar surface area (TPSA) is 12.0 Å². The van der Waals surface area contributed by atoms with Gasteiger partial charge in [-0.15, -0.1) is 0 Å². The predicted octanol–water partition coefficient (Wildman–Crippen LogP) is 3.45. The van der Waals surface area contributed by atoms with Crippen LogP contribution in [0.25, 0.3) is 0 Å². The zero-order chi connectivity index (χ0) is 10.8. The number of hydrogen-bond acceptors (Lipinski definition) is 1. The first-order valence-corrected chi connectivity index (χ1v) is 6.13. The van der Waals surface area contributed by atoms with Gasteiger partial charge in [-0.25, -0.2) is 0 Å². The molecule has 1 saturated carbocycles. The first-order valence-electron chi connectivity index (χ1n) is 6.13. The zero-order valence-corrected chi connectivity index (χ0v) is 10.6. The largest absolute Gasteiger partial charge is 0.313 e. The lowest BCUT2D eigenvalue weighted by atomic mass is 9.77. The average Bonchev–Trinajstić information content (AvgIpc) is 2.06. The molecule has 0 heterocycles. The molecule has 14 heavy (non-hydrogen) atoms. The van der Waals surface area contributed by atoms with Gasteiger partial charge in [-0.2, -0.15) is 0 Å². The van der Waals surface area contributed by atoms with Crippen LogP contribution in [0.2, 0.25) is 0 Å². The van der Waals surface area contributed by atoms with E-state index in [1.165, 1.54) is 19.3 Å². The van der Waals surface area contributed by atoms with Gasteiger partial charge in [0.2, 0.25) is 0 Å². The van der Waals surface area contributed by atoms with Gasteiger partial charge in [0.05, 0.1) is 0 Å². The molecule has 1 N–H and O–H groups in total. The third kappa shape index (κ3) is 3.61. The molecular formula is C13H27N. The van der Waals surface area contributed by atoms with E-state index < -0.39 is 0 Å². The fourth-order valence-electron chi connectivity index (χ4n) is 2.31. The highest BCUT2D eigenvalue weighted by Crippen LogP contribution is 2.29. The summed E-state index contributed by atoms with van der Waals surface area (Å²) < 4.78 is 0. The van der Waals surface area contributed by atoms with Crippen molar-refractivity contribution in [3.05, 3.63) is 0 Å². The molecule has 1 heteroatoms. The second-order valence-electron chi connectivity index (χ2n) is 6.32. The number of rotatable bonds is 2. The molecule has 0 spiro atoms. The van der Waals surface area contributed by atoms with E-state index in [0.717, 1.165) is 24.4 Å². The van der Waals surface area contributed by atoms with Crippen molar-refractivity contribution in [1.82, 2.24) is 5.32 Å². The summed E-state index contributed by atoms with van der Waals surface area (Å²) in [5.41, 5.74) is 0.417. The molecule has 1 aliphatic carbocycles. The maximum atomic E-state index is 3.74. The first-order chi connectivity index (χ1) is 6.40. The monoisotopic (exact) mass is 197 g/mol. The molecule has 0 amide bonds. The van der Waals surface area contributed by atoms with Crippen LogP contribution in [-0.4, -0.2) is 12.6 Å². The molecule has 0 aromatic heterocycles. The molecule has 0 unspecified atom stereocenters. The SMILES string of the molecule is C[C@H]1[C@H](C)CCC[C@H]1NCC(C)(C)C. The van der Waals surface area contributed by atoms with Crippen LogP contribution in [0.3, 0.4) is 0 Å². The maximum Gasteiger partial charge on any atom is 0.00954 e. The highest BCUT2D eigenvalue weighted by atomic mass is 14.9. The van der Waals surface area contributed by atoms with Gasteiger partial charge in [0.15, 0.2) is 0 Å². The molecule has 1 nitrogen and oxygen atoms in total. The standard InChI is InChI=1S/C13H27N/c1-10-7-6-8-12(11(10)2)14-9-13(3,4)5/h10-12,14H,6-9H2,1-5H3/t10-,11+,12-/m1/s1. The van der Waals surface area contributed by atoms with Crippen LogP contribution in [0.4, 0.5) is 0 Å². The van der Waals surface area contributed by atoms with Crippen molar-refractivity contribution in [1.29, 1.82) is 0 Å². The highest BCUT2D eigenvalue weighted by molar-refractivity contribution is 4.83. The van der Waals surface area contributed by atoms with Gasteiger partial charge >= 0.3 is 0 Å². The lowest BCUT2D eigenvalue weighted by Gasteiger charge is -2.36. The molecule has 84 valence electrons. The van der Waals surface area contributed by atoms with Crippen molar-refractivity contribution in [2.45, 2.75) is 59.9 Å². The normalized spacial score (nSPS) is 34.5. The lowest BCUT2D eigenvalue weighted by Crippen LogP contribution is -2.43. The fourth-order valence-corrected chi connectivity index (χ4v) is 2.31. The molecule has 0 aliphatic heterocycles. The van der Waals surface area contributed by atoms with Crippen molar-refractivity contribution in [2.75, 3.05) is 6.54 Å². The van der Waals surface area contributed by atoms with Crippen molar-refractivity contribution >= 4 is 0 Å². The molecule has 0 aromatic carbocycles. The van der Waals surface area contributed by atoms with E-state index in [1.54, 1.807) is 0 Å². The van der Waals surface area contributed by atoms with E-state index in [4.69, 9.17) is 0 Å². The second-order valence-corrected chi connectivity index (χ2v) is 6.32. The Balaban J connectivity index is 2.36. The third-order valence-corrected chi connectivity index (χ3v) is 3.60. The van der Waals surface area contributed by atoms with Crippen molar-refractivity contribution in [3.63, 3.8) is 0 Å². The summed E-state index contributed by atoms with van der Waals surface area (Å²) in [6, 6.07) is 0.762. The van der Waals surface area contributed by atoms with Crippen LogP contribution in [0.15, 0.2) is 0 Å². The van der Waals surface area contributed by atoms with Gasteiger partial charge in [0, 0.05) is 12.6 Å². The molecular weight excluding hydrogens is 170 g/mol. The second kappa shape index (κ2) is 4.65. The van der Waals surface area contributed by atoms with Crippen LogP contribution in [0.1, 0.15) is 53.9 Å². The van der Waals surface area contributed by atoms with Gasteiger partial charge in [0.25, 0.3) is 0 Å². The summed E-state index contributed by atoms with van der Waals surface area (Å²) in [6.45, 7) is 12.9. The molecule has 0 aromatic rings. The lowest BCUT2D eigenvalue weighted by molar-refractivity contribution is 0.192. The molecule has 1 rings (SSSR count). The van der Waals surface area contributed by atoms with Gasteiger partial charge in [-0.3, -0.25) is 0 Å². The minimum Gasteiger partial charge on any atom is -0.313 e. The van der Waals surface area contributed by atoms with E-state index in [2.05, 4.69) is 39.9 Å². The summed E-state index contributed by atoms with van der Waals surface area (Å²) in [6.07, 6.45) is 4.21. The number of nitrogens with one attached hydrogen (secondary N) is 1. The number of hydrogen-bond donors (Lipinski definition) is 1. The van der Waals surface area contributed by atoms with Crippen molar-refractivity contribution in [2.24, 2.45) is 17.3 Å². The van der Waals surface area contributed by atoms with E-state index in [0.29, 0.717) is 5.41 Å². The van der Waals surface area contributed by atoms with Crippen LogP contribution < -0.4 is 5.32 Å². The molecule has 1 fully saturated rings. The van der Waals surface area contributed by atoms with Crippen LogP contribution in [-0.2, 0) is 0 Å². The van der Waals surface area contributed by atoms with Crippen molar-refractivity contribution in [3.8, 4) is 0 Å². The van der Waals surface area contributed by atoms with Gasteiger partial charge in [0.1, 0.15) is 0 Å². The molecule has 0 bridgehead atoms. The van der Waals surface area contributed by atoms with Crippen LogP contribution in [0.5, 0.6) is 0 Å². The Hall–Kier alpha value is -0.0400. The molecule has 0 radical (unpaired) electrons. The summed E-state index contributed by atoms with van der Waals surface area (Å²) in [5.74, 6) is 1.76. The predicted molar refractivity (Wildman–Crippen MR) is 63.4 cm³/mol. The zero-order valence-electron chi connectivity index (χ0n) is 10.6. The maximum absolute atomic E-state index is 3.74. The van der Waals surface area contributed by atoms with Crippen LogP contribution >= 0.6 is 0 Å². The average molecular weight is 197 g/mol. The Morgan fingerprint density at radius 1 is 1.14 bits per heavy atom. The summed E-state index contributed by atoms with van der Waals surface area (Å²) in [7, 11) is 0. The van der Waals surface area contributed by atoms with E-state index >= 15 is 0 Å². The third-order valence-electron chi connectivity index (χ3n) is 3.60. The van der Waals surface area contributed by atoms with Crippen LogP contribution in [0, 0.1) is 17.3 Å². The smallest absolute Gasteiger partial charge is 0.00954 e. The Kier molecular flexibility index (Phi) is 4.00. The van der Waals surface area contributed by atoms with Gasteiger partial charge in [-0.05, 0) is 23.7 Å². The quantitative estimate of drug-likeness (QED) is 0.715. The Bertz CT molecular complexity index is 169. The Morgan fingerprint density at radius 3 is 2.36 bits per heavy atom. The minimum absolute atomic E-state index is 0.417. The Labute approximate surface area is 89.7 Å². The van der Waals surface area contributed by atoms with E-state index in [-0.39, 0.29) is 0 Å². The van der Waals surface area contributed by atoms with Gasteiger partial charge < -0.3 is 5.32 Å². The van der Waals surface area contributed by atoms with Crippen molar-refractivity contribution < 1.29 is 0 Å². The Morgan fingerprint density at radius 2 is 1.79 bits per heavy atom. The van der Waals surface area contributed by atoms with E-state index in [1.807, 2.05) is 0 Å².